The van der Waals surface area contributed by atoms with Crippen LogP contribution in [0.1, 0.15) is 37.7 Å². The SMILES string of the molecule is Cc1ccccc1-c1nc2c([nH]1)CN(C(=O)OC(C)(C)C)CC2. The third-order valence-corrected chi connectivity index (χ3v) is 3.88. The number of amides is 1. The van der Waals surface area contributed by atoms with Crippen molar-refractivity contribution < 1.29 is 9.53 Å². The molecule has 2 aromatic rings. The summed E-state index contributed by atoms with van der Waals surface area (Å²) in [4.78, 5) is 22.0. The minimum atomic E-state index is -0.475. The van der Waals surface area contributed by atoms with Crippen LogP contribution < -0.4 is 0 Å². The predicted octanol–water partition coefficient (Wildman–Crippen LogP) is 3.68. The topological polar surface area (TPSA) is 58.2 Å². The highest BCUT2D eigenvalue weighted by Gasteiger charge is 2.27. The monoisotopic (exact) mass is 313 g/mol. The predicted molar refractivity (Wildman–Crippen MR) is 89.1 cm³/mol. The van der Waals surface area contributed by atoms with Gasteiger partial charge < -0.3 is 14.6 Å². The Morgan fingerprint density at radius 2 is 2.04 bits per heavy atom. The van der Waals surface area contributed by atoms with Crippen LogP contribution in [0.15, 0.2) is 24.3 Å². The van der Waals surface area contributed by atoms with E-state index in [0.717, 1.165) is 29.2 Å². The van der Waals surface area contributed by atoms with Crippen molar-refractivity contribution in [3.63, 3.8) is 0 Å². The highest BCUT2D eigenvalue weighted by atomic mass is 16.6. The van der Waals surface area contributed by atoms with Gasteiger partial charge in [0.1, 0.15) is 11.4 Å². The fourth-order valence-electron chi connectivity index (χ4n) is 2.74. The summed E-state index contributed by atoms with van der Waals surface area (Å²) < 4.78 is 5.46. The van der Waals surface area contributed by atoms with E-state index in [2.05, 4.69) is 24.0 Å². The van der Waals surface area contributed by atoms with E-state index in [1.54, 1.807) is 4.90 Å². The second kappa shape index (κ2) is 5.72. The standard InChI is InChI=1S/C18H23N3O2/c1-12-7-5-6-8-13(12)16-19-14-9-10-21(11-15(14)20-16)17(22)23-18(2,3)4/h5-8H,9-11H2,1-4H3,(H,19,20). The van der Waals surface area contributed by atoms with Gasteiger partial charge in [0, 0.05) is 18.5 Å². The number of rotatable bonds is 1. The fourth-order valence-corrected chi connectivity index (χ4v) is 2.74. The van der Waals surface area contributed by atoms with Crippen molar-refractivity contribution in [3.05, 3.63) is 41.2 Å². The van der Waals surface area contributed by atoms with E-state index in [9.17, 15) is 4.79 Å². The maximum atomic E-state index is 12.2. The van der Waals surface area contributed by atoms with E-state index in [-0.39, 0.29) is 6.09 Å². The van der Waals surface area contributed by atoms with Gasteiger partial charge in [-0.1, -0.05) is 24.3 Å². The number of ether oxygens (including phenoxy) is 1. The van der Waals surface area contributed by atoms with Gasteiger partial charge in [0.2, 0.25) is 0 Å². The van der Waals surface area contributed by atoms with Crippen molar-refractivity contribution in [2.24, 2.45) is 0 Å². The highest BCUT2D eigenvalue weighted by Crippen LogP contribution is 2.25. The number of hydrogen-bond acceptors (Lipinski definition) is 3. The van der Waals surface area contributed by atoms with Crippen molar-refractivity contribution >= 4 is 6.09 Å². The molecule has 1 aliphatic rings. The molecule has 0 atom stereocenters. The molecule has 5 heteroatoms. The minimum Gasteiger partial charge on any atom is -0.444 e. The van der Waals surface area contributed by atoms with E-state index in [1.165, 1.54) is 5.56 Å². The van der Waals surface area contributed by atoms with E-state index in [0.29, 0.717) is 13.1 Å². The summed E-state index contributed by atoms with van der Waals surface area (Å²) in [6.07, 6.45) is 0.479. The van der Waals surface area contributed by atoms with Crippen molar-refractivity contribution in [2.45, 2.75) is 46.3 Å². The Morgan fingerprint density at radius 1 is 1.30 bits per heavy atom. The second-order valence-corrected chi connectivity index (χ2v) is 6.98. The van der Waals surface area contributed by atoms with Gasteiger partial charge in [-0.15, -0.1) is 0 Å². The molecule has 1 aliphatic heterocycles. The number of nitrogens with one attached hydrogen (secondary N) is 1. The highest BCUT2D eigenvalue weighted by molar-refractivity contribution is 5.69. The Balaban J connectivity index is 1.80. The lowest BCUT2D eigenvalue weighted by atomic mass is 10.1. The molecule has 1 aromatic carbocycles. The first-order chi connectivity index (χ1) is 10.8. The molecule has 0 aliphatic carbocycles. The Bertz CT molecular complexity index is 728. The number of carbonyl (C=O) groups is 1. The average Bonchev–Trinajstić information content (AvgIpc) is 2.88. The first-order valence-corrected chi connectivity index (χ1v) is 7.95. The molecule has 1 amide bonds. The van der Waals surface area contributed by atoms with Crippen molar-refractivity contribution in [3.8, 4) is 11.4 Å². The third kappa shape index (κ3) is 3.38. The van der Waals surface area contributed by atoms with Crippen LogP contribution in [-0.2, 0) is 17.7 Å². The number of benzene rings is 1. The van der Waals surface area contributed by atoms with Crippen LogP contribution in [0.5, 0.6) is 0 Å². The molecular formula is C18H23N3O2. The minimum absolute atomic E-state index is 0.268. The van der Waals surface area contributed by atoms with Crippen LogP contribution in [-0.4, -0.2) is 33.1 Å². The van der Waals surface area contributed by atoms with E-state index in [1.807, 2.05) is 32.9 Å². The molecule has 0 unspecified atom stereocenters. The number of fused-ring (bicyclic) bond motifs is 1. The second-order valence-electron chi connectivity index (χ2n) is 6.98. The van der Waals surface area contributed by atoms with Gasteiger partial charge in [-0.05, 0) is 33.3 Å². The van der Waals surface area contributed by atoms with Crippen molar-refractivity contribution in [2.75, 3.05) is 6.54 Å². The van der Waals surface area contributed by atoms with Crippen LogP contribution in [0.4, 0.5) is 4.79 Å². The smallest absolute Gasteiger partial charge is 0.410 e. The number of carbonyl (C=O) groups excluding carboxylic acids is 1. The largest absolute Gasteiger partial charge is 0.444 e. The maximum absolute atomic E-state index is 12.2. The maximum Gasteiger partial charge on any atom is 0.410 e. The van der Waals surface area contributed by atoms with Crippen LogP contribution in [0.3, 0.4) is 0 Å². The number of aromatic amines is 1. The van der Waals surface area contributed by atoms with Gasteiger partial charge in [0.25, 0.3) is 0 Å². The zero-order valence-corrected chi connectivity index (χ0v) is 14.1. The zero-order chi connectivity index (χ0) is 16.6. The molecule has 3 rings (SSSR count). The molecule has 2 heterocycles. The molecule has 1 aromatic heterocycles. The lowest BCUT2D eigenvalue weighted by Crippen LogP contribution is -2.39. The van der Waals surface area contributed by atoms with Gasteiger partial charge in [-0.3, -0.25) is 0 Å². The number of hydrogen-bond donors (Lipinski definition) is 1. The Hall–Kier alpha value is -2.30. The molecule has 122 valence electrons. The van der Waals surface area contributed by atoms with Crippen LogP contribution in [0, 0.1) is 6.92 Å². The molecule has 0 radical (unpaired) electrons. The normalized spacial score (nSPS) is 14.5. The first kappa shape index (κ1) is 15.6. The number of nitrogens with zero attached hydrogens (tertiary/aromatic N) is 2. The average molecular weight is 313 g/mol. The van der Waals surface area contributed by atoms with Gasteiger partial charge in [0.05, 0.1) is 17.9 Å². The molecule has 5 nitrogen and oxygen atoms in total. The van der Waals surface area contributed by atoms with Crippen molar-refractivity contribution in [1.29, 1.82) is 0 Å². The fraction of sp³-hybridized carbons (Fsp3) is 0.444. The lowest BCUT2D eigenvalue weighted by Gasteiger charge is -2.29. The van der Waals surface area contributed by atoms with Crippen molar-refractivity contribution in [1.82, 2.24) is 14.9 Å². The van der Waals surface area contributed by atoms with Crippen LogP contribution >= 0.6 is 0 Å². The molecule has 0 fully saturated rings. The third-order valence-electron chi connectivity index (χ3n) is 3.88. The zero-order valence-electron chi connectivity index (χ0n) is 14.1. The number of aromatic nitrogens is 2. The number of imidazole rings is 1. The first-order valence-electron chi connectivity index (χ1n) is 7.95. The molecule has 0 saturated carbocycles. The number of H-pyrrole nitrogens is 1. The summed E-state index contributed by atoms with van der Waals surface area (Å²) in [5.41, 5.74) is 3.86. The summed E-state index contributed by atoms with van der Waals surface area (Å²) in [5.74, 6) is 0.874. The molecule has 23 heavy (non-hydrogen) atoms. The summed E-state index contributed by atoms with van der Waals surface area (Å²) >= 11 is 0. The molecule has 0 bridgehead atoms. The Labute approximate surface area is 136 Å². The van der Waals surface area contributed by atoms with Gasteiger partial charge in [-0.25, -0.2) is 9.78 Å². The quantitative estimate of drug-likeness (QED) is 0.873. The van der Waals surface area contributed by atoms with Crippen LogP contribution in [0.2, 0.25) is 0 Å². The van der Waals surface area contributed by atoms with Crippen LogP contribution in [0.25, 0.3) is 11.4 Å². The van der Waals surface area contributed by atoms with E-state index >= 15 is 0 Å². The molecule has 0 saturated heterocycles. The van der Waals surface area contributed by atoms with E-state index in [4.69, 9.17) is 9.72 Å². The molecule has 1 N–H and O–H groups in total. The van der Waals surface area contributed by atoms with Gasteiger partial charge in [-0.2, -0.15) is 0 Å². The van der Waals surface area contributed by atoms with Gasteiger partial charge in [0.15, 0.2) is 0 Å². The summed E-state index contributed by atoms with van der Waals surface area (Å²) in [6, 6.07) is 8.16. The Morgan fingerprint density at radius 3 is 2.74 bits per heavy atom. The summed E-state index contributed by atoms with van der Waals surface area (Å²) in [5, 5.41) is 0. The summed E-state index contributed by atoms with van der Waals surface area (Å²) in [6.45, 7) is 8.87. The van der Waals surface area contributed by atoms with Gasteiger partial charge >= 0.3 is 6.09 Å². The molecular weight excluding hydrogens is 290 g/mol. The molecule has 0 spiro atoms. The lowest BCUT2D eigenvalue weighted by molar-refractivity contribution is 0.0221. The van der Waals surface area contributed by atoms with E-state index < -0.39 is 5.60 Å². The Kier molecular flexibility index (Phi) is 3.88. The summed E-state index contributed by atoms with van der Waals surface area (Å²) in [7, 11) is 0. The number of aryl methyl sites for hydroxylation is 1.